The summed E-state index contributed by atoms with van der Waals surface area (Å²) in [4.78, 5) is 22.7. The Hall–Kier alpha value is -2.40. The monoisotopic (exact) mass is 281 g/mol. The number of thiophene rings is 1. The van der Waals surface area contributed by atoms with Gasteiger partial charge in [-0.15, -0.1) is 11.3 Å². The number of nitrogens with zero attached hydrogens (tertiary/aromatic N) is 1. The average Bonchev–Trinajstić information content (AvgIpc) is 3.02. The maximum atomic E-state index is 12.1. The largest absolute Gasteiger partial charge is 0.353 e. The second-order valence-electron chi connectivity index (χ2n) is 4.86. The van der Waals surface area contributed by atoms with Crippen LogP contribution in [0.5, 0.6) is 0 Å². The van der Waals surface area contributed by atoms with Crippen LogP contribution in [-0.2, 0) is 0 Å². The van der Waals surface area contributed by atoms with Crippen LogP contribution in [0.4, 0.5) is 0 Å². The SMILES string of the molecule is Cc1ccc2[nH]c(-c3nc4cscc4[nH]c3=O)cc2c1. The molecule has 0 unspecified atom stereocenters. The lowest BCUT2D eigenvalue weighted by Gasteiger charge is -1.96. The van der Waals surface area contributed by atoms with Gasteiger partial charge in [0.2, 0.25) is 0 Å². The lowest BCUT2D eigenvalue weighted by molar-refractivity contribution is 1.21. The van der Waals surface area contributed by atoms with Crippen LogP contribution >= 0.6 is 11.3 Å². The summed E-state index contributed by atoms with van der Waals surface area (Å²) in [5.74, 6) is 0. The number of aryl methyl sites for hydroxylation is 1. The molecule has 0 bridgehead atoms. The van der Waals surface area contributed by atoms with Crippen LogP contribution in [0, 0.1) is 6.92 Å². The molecule has 0 saturated heterocycles. The van der Waals surface area contributed by atoms with Gasteiger partial charge in [0.25, 0.3) is 5.56 Å². The van der Waals surface area contributed by atoms with Crippen molar-refractivity contribution in [2.75, 3.05) is 0 Å². The zero-order valence-corrected chi connectivity index (χ0v) is 11.5. The van der Waals surface area contributed by atoms with Crippen molar-refractivity contribution in [2.45, 2.75) is 6.92 Å². The number of H-pyrrole nitrogens is 2. The Morgan fingerprint density at radius 3 is 2.90 bits per heavy atom. The summed E-state index contributed by atoms with van der Waals surface area (Å²) in [5.41, 5.74) is 4.83. The minimum atomic E-state index is -0.167. The summed E-state index contributed by atoms with van der Waals surface area (Å²) in [6.07, 6.45) is 0. The summed E-state index contributed by atoms with van der Waals surface area (Å²) in [5, 5.41) is 4.91. The maximum absolute atomic E-state index is 12.1. The van der Waals surface area contributed by atoms with Crippen molar-refractivity contribution >= 4 is 33.3 Å². The lowest BCUT2D eigenvalue weighted by atomic mass is 10.2. The van der Waals surface area contributed by atoms with E-state index in [2.05, 4.69) is 27.9 Å². The Morgan fingerprint density at radius 1 is 1.10 bits per heavy atom. The van der Waals surface area contributed by atoms with Gasteiger partial charge in [0.15, 0.2) is 5.69 Å². The van der Waals surface area contributed by atoms with Gasteiger partial charge in [-0.1, -0.05) is 11.6 Å². The summed E-state index contributed by atoms with van der Waals surface area (Å²) in [7, 11) is 0. The molecule has 0 aliphatic heterocycles. The van der Waals surface area contributed by atoms with Crippen molar-refractivity contribution in [3.8, 4) is 11.4 Å². The first-order chi connectivity index (χ1) is 9.70. The molecule has 98 valence electrons. The molecule has 4 rings (SSSR count). The predicted molar refractivity (Wildman–Crippen MR) is 82.3 cm³/mol. The van der Waals surface area contributed by atoms with Crippen molar-refractivity contribution < 1.29 is 0 Å². The van der Waals surface area contributed by atoms with Crippen LogP contribution in [0.15, 0.2) is 39.8 Å². The van der Waals surface area contributed by atoms with E-state index in [1.165, 1.54) is 16.9 Å². The molecule has 0 radical (unpaired) electrons. The van der Waals surface area contributed by atoms with E-state index in [1.54, 1.807) is 0 Å². The molecule has 0 saturated carbocycles. The van der Waals surface area contributed by atoms with E-state index < -0.39 is 0 Å². The molecular weight excluding hydrogens is 270 g/mol. The standard InChI is InChI=1S/C15H11N3OS/c1-8-2-3-10-9(4-8)5-11(16-10)14-15(19)18-13-7-20-6-12(13)17-14/h2-7,16H,1H3,(H,18,19). The number of hydrogen-bond acceptors (Lipinski definition) is 3. The molecule has 3 aromatic heterocycles. The highest BCUT2D eigenvalue weighted by Crippen LogP contribution is 2.23. The van der Waals surface area contributed by atoms with Gasteiger partial charge in [0.05, 0.1) is 16.7 Å². The summed E-state index contributed by atoms with van der Waals surface area (Å²) < 4.78 is 0. The van der Waals surface area contributed by atoms with Crippen LogP contribution in [0.3, 0.4) is 0 Å². The number of hydrogen-bond donors (Lipinski definition) is 2. The summed E-state index contributed by atoms with van der Waals surface area (Å²) in [6.45, 7) is 2.05. The zero-order chi connectivity index (χ0) is 13.7. The molecule has 0 aliphatic carbocycles. The number of nitrogens with one attached hydrogen (secondary N) is 2. The van der Waals surface area contributed by atoms with Crippen molar-refractivity contribution in [1.29, 1.82) is 0 Å². The topological polar surface area (TPSA) is 61.5 Å². The first-order valence-corrected chi connectivity index (χ1v) is 7.21. The molecular formula is C15H11N3OS. The number of rotatable bonds is 1. The zero-order valence-electron chi connectivity index (χ0n) is 10.7. The van der Waals surface area contributed by atoms with E-state index in [1.807, 2.05) is 29.0 Å². The Labute approximate surface area is 118 Å². The van der Waals surface area contributed by atoms with Crippen molar-refractivity contribution in [3.05, 3.63) is 50.9 Å². The van der Waals surface area contributed by atoms with Gasteiger partial charge in [-0.05, 0) is 25.1 Å². The van der Waals surface area contributed by atoms with Crippen LogP contribution < -0.4 is 5.56 Å². The van der Waals surface area contributed by atoms with Gasteiger partial charge in [-0.2, -0.15) is 0 Å². The molecule has 5 heteroatoms. The van der Waals surface area contributed by atoms with Gasteiger partial charge >= 0.3 is 0 Å². The van der Waals surface area contributed by atoms with Crippen LogP contribution in [-0.4, -0.2) is 15.0 Å². The number of aromatic amines is 2. The Kier molecular flexibility index (Phi) is 2.31. The van der Waals surface area contributed by atoms with E-state index in [9.17, 15) is 4.79 Å². The Morgan fingerprint density at radius 2 is 2.00 bits per heavy atom. The minimum Gasteiger partial charge on any atom is -0.353 e. The minimum absolute atomic E-state index is 0.167. The molecule has 1 aromatic carbocycles. The smallest absolute Gasteiger partial charge is 0.276 e. The van der Waals surface area contributed by atoms with Gasteiger partial charge in [0, 0.05) is 21.7 Å². The molecule has 0 atom stereocenters. The first kappa shape index (κ1) is 11.4. The molecule has 0 amide bonds. The predicted octanol–water partition coefficient (Wildman–Crippen LogP) is 3.44. The third-order valence-electron chi connectivity index (χ3n) is 3.37. The van der Waals surface area contributed by atoms with E-state index >= 15 is 0 Å². The first-order valence-electron chi connectivity index (χ1n) is 6.27. The highest BCUT2D eigenvalue weighted by molar-refractivity contribution is 7.09. The molecule has 0 spiro atoms. The van der Waals surface area contributed by atoms with Gasteiger partial charge in [0.1, 0.15) is 0 Å². The normalized spacial score (nSPS) is 11.4. The fraction of sp³-hybridized carbons (Fsp3) is 0.0667. The molecule has 4 aromatic rings. The second-order valence-corrected chi connectivity index (χ2v) is 5.60. The number of benzene rings is 1. The van der Waals surface area contributed by atoms with Crippen molar-refractivity contribution in [2.24, 2.45) is 0 Å². The van der Waals surface area contributed by atoms with Crippen LogP contribution in [0.1, 0.15) is 5.56 Å². The quantitative estimate of drug-likeness (QED) is 0.561. The molecule has 0 fully saturated rings. The van der Waals surface area contributed by atoms with Gasteiger partial charge in [-0.3, -0.25) is 4.79 Å². The van der Waals surface area contributed by atoms with Crippen molar-refractivity contribution in [3.63, 3.8) is 0 Å². The van der Waals surface area contributed by atoms with Crippen LogP contribution in [0.2, 0.25) is 0 Å². The van der Waals surface area contributed by atoms with Crippen molar-refractivity contribution in [1.82, 2.24) is 15.0 Å². The lowest BCUT2D eigenvalue weighted by Crippen LogP contribution is -2.10. The Bertz CT molecular complexity index is 993. The van der Waals surface area contributed by atoms with Gasteiger partial charge in [-0.25, -0.2) is 4.98 Å². The fourth-order valence-corrected chi connectivity index (χ4v) is 3.08. The van der Waals surface area contributed by atoms with E-state index in [-0.39, 0.29) is 5.56 Å². The van der Waals surface area contributed by atoms with Gasteiger partial charge < -0.3 is 9.97 Å². The third kappa shape index (κ3) is 1.67. The molecule has 4 nitrogen and oxygen atoms in total. The molecule has 20 heavy (non-hydrogen) atoms. The summed E-state index contributed by atoms with van der Waals surface area (Å²) >= 11 is 1.53. The molecule has 2 N–H and O–H groups in total. The number of fused-ring (bicyclic) bond motifs is 2. The molecule has 0 aliphatic rings. The van der Waals surface area contributed by atoms with E-state index in [0.29, 0.717) is 5.69 Å². The number of aromatic nitrogens is 3. The fourth-order valence-electron chi connectivity index (χ4n) is 2.39. The van der Waals surface area contributed by atoms with Crippen LogP contribution in [0.25, 0.3) is 33.3 Å². The maximum Gasteiger partial charge on any atom is 0.276 e. The Balaban J connectivity index is 1.99. The van der Waals surface area contributed by atoms with E-state index in [0.717, 1.165) is 27.6 Å². The highest BCUT2D eigenvalue weighted by atomic mass is 32.1. The molecule has 3 heterocycles. The summed E-state index contributed by atoms with van der Waals surface area (Å²) in [6, 6.07) is 8.12. The van der Waals surface area contributed by atoms with E-state index in [4.69, 9.17) is 0 Å². The average molecular weight is 281 g/mol. The third-order valence-corrected chi connectivity index (χ3v) is 4.10. The second kappa shape index (κ2) is 4.05. The highest BCUT2D eigenvalue weighted by Gasteiger charge is 2.11.